The lowest BCUT2D eigenvalue weighted by Gasteiger charge is -2.23. The molecule has 1 atom stereocenters. The smallest absolute Gasteiger partial charge is 0.339 e. The van der Waals surface area contributed by atoms with Crippen LogP contribution in [0.3, 0.4) is 0 Å². The largest absolute Gasteiger partial charge is 0.478 e. The van der Waals surface area contributed by atoms with Crippen molar-refractivity contribution in [3.63, 3.8) is 0 Å². The van der Waals surface area contributed by atoms with Crippen molar-refractivity contribution in [2.24, 2.45) is 0 Å². The summed E-state index contributed by atoms with van der Waals surface area (Å²) in [4.78, 5) is 21.0. The average Bonchev–Trinajstić information content (AvgIpc) is 2.42. The van der Waals surface area contributed by atoms with E-state index in [4.69, 9.17) is 5.11 Å². The van der Waals surface area contributed by atoms with Crippen LogP contribution in [-0.2, 0) is 6.54 Å². The van der Waals surface area contributed by atoms with E-state index in [1.165, 1.54) is 12.5 Å². The first-order valence-corrected chi connectivity index (χ1v) is 6.49. The molecule has 0 bridgehead atoms. The predicted octanol–water partition coefficient (Wildman–Crippen LogP) is 0.995. The number of aromatic nitrogens is 2. The summed E-state index contributed by atoms with van der Waals surface area (Å²) in [6, 6.07) is 0.551. The van der Waals surface area contributed by atoms with Crippen molar-refractivity contribution in [2.75, 3.05) is 20.1 Å². The second kappa shape index (κ2) is 7.81. The minimum Gasteiger partial charge on any atom is -0.478 e. The Bertz CT molecular complexity index is 411. The maximum atomic E-state index is 11.0. The van der Waals surface area contributed by atoms with E-state index < -0.39 is 5.97 Å². The Labute approximate surface area is 113 Å². The standard InChI is InChI=1S/C13H22N4O2/c1-4-10(2)17(3)6-5-14-8-12-11(13(18)19)7-15-9-16-12/h7,9-10,14H,4-6,8H2,1-3H3,(H,18,19). The molecule has 1 heterocycles. The number of hydrogen-bond donors (Lipinski definition) is 2. The molecule has 0 radical (unpaired) electrons. The fourth-order valence-electron chi connectivity index (χ4n) is 1.67. The van der Waals surface area contributed by atoms with E-state index in [0.717, 1.165) is 19.5 Å². The third-order valence-electron chi connectivity index (χ3n) is 3.30. The summed E-state index contributed by atoms with van der Waals surface area (Å²) in [6.07, 6.45) is 3.82. The lowest BCUT2D eigenvalue weighted by atomic mass is 10.2. The van der Waals surface area contributed by atoms with Crippen molar-refractivity contribution in [1.82, 2.24) is 20.2 Å². The molecule has 0 saturated carbocycles. The Hall–Kier alpha value is -1.53. The molecule has 0 spiro atoms. The van der Waals surface area contributed by atoms with Crippen LogP contribution in [0, 0.1) is 0 Å². The van der Waals surface area contributed by atoms with E-state index in [-0.39, 0.29) is 5.56 Å². The Kier molecular flexibility index (Phi) is 6.38. The van der Waals surface area contributed by atoms with Crippen molar-refractivity contribution >= 4 is 5.97 Å². The Balaban J connectivity index is 2.40. The van der Waals surface area contributed by atoms with Gasteiger partial charge < -0.3 is 15.3 Å². The van der Waals surface area contributed by atoms with Crippen molar-refractivity contribution in [3.05, 3.63) is 23.8 Å². The average molecular weight is 266 g/mol. The maximum absolute atomic E-state index is 11.0. The van der Waals surface area contributed by atoms with Gasteiger partial charge >= 0.3 is 5.97 Å². The monoisotopic (exact) mass is 266 g/mol. The predicted molar refractivity (Wildman–Crippen MR) is 73.1 cm³/mol. The van der Waals surface area contributed by atoms with Crippen LogP contribution in [-0.4, -0.2) is 52.1 Å². The zero-order valence-electron chi connectivity index (χ0n) is 11.8. The highest BCUT2D eigenvalue weighted by Gasteiger charge is 2.11. The first-order valence-electron chi connectivity index (χ1n) is 6.49. The number of carbonyl (C=O) groups is 1. The third kappa shape index (κ3) is 4.92. The molecule has 106 valence electrons. The maximum Gasteiger partial charge on any atom is 0.339 e. The second-order valence-corrected chi connectivity index (χ2v) is 4.60. The number of hydrogen-bond acceptors (Lipinski definition) is 5. The summed E-state index contributed by atoms with van der Waals surface area (Å²) < 4.78 is 0. The highest BCUT2D eigenvalue weighted by Crippen LogP contribution is 2.03. The zero-order valence-corrected chi connectivity index (χ0v) is 11.8. The lowest BCUT2D eigenvalue weighted by Crippen LogP contribution is -2.35. The fraction of sp³-hybridized carbons (Fsp3) is 0.615. The highest BCUT2D eigenvalue weighted by molar-refractivity contribution is 5.88. The Morgan fingerprint density at radius 3 is 2.95 bits per heavy atom. The molecule has 19 heavy (non-hydrogen) atoms. The quantitative estimate of drug-likeness (QED) is 0.683. The van der Waals surface area contributed by atoms with Crippen molar-refractivity contribution in [2.45, 2.75) is 32.9 Å². The van der Waals surface area contributed by atoms with Crippen LogP contribution < -0.4 is 5.32 Å². The van der Waals surface area contributed by atoms with Crippen LogP contribution in [0.15, 0.2) is 12.5 Å². The molecule has 1 aromatic rings. The molecule has 0 aliphatic heterocycles. The van der Waals surface area contributed by atoms with Crippen molar-refractivity contribution < 1.29 is 9.90 Å². The lowest BCUT2D eigenvalue weighted by molar-refractivity contribution is 0.0694. The van der Waals surface area contributed by atoms with Crippen molar-refractivity contribution in [1.29, 1.82) is 0 Å². The molecule has 0 aromatic carbocycles. The number of nitrogens with one attached hydrogen (secondary N) is 1. The third-order valence-corrected chi connectivity index (χ3v) is 3.30. The SMILES string of the molecule is CCC(C)N(C)CCNCc1ncncc1C(=O)O. The topological polar surface area (TPSA) is 78.3 Å². The van der Waals surface area contributed by atoms with Gasteiger partial charge in [0.2, 0.25) is 0 Å². The summed E-state index contributed by atoms with van der Waals surface area (Å²) >= 11 is 0. The van der Waals surface area contributed by atoms with Gasteiger partial charge in [0.05, 0.1) is 5.69 Å². The summed E-state index contributed by atoms with van der Waals surface area (Å²) in [5.74, 6) is -0.992. The van der Waals surface area contributed by atoms with Crippen LogP contribution in [0.2, 0.25) is 0 Å². The number of aromatic carboxylic acids is 1. The van der Waals surface area contributed by atoms with Crippen LogP contribution in [0.25, 0.3) is 0 Å². The van der Waals surface area contributed by atoms with E-state index >= 15 is 0 Å². The van der Waals surface area contributed by atoms with Crippen LogP contribution >= 0.6 is 0 Å². The molecule has 0 aliphatic rings. The Morgan fingerprint density at radius 2 is 2.32 bits per heavy atom. The summed E-state index contributed by atoms with van der Waals surface area (Å²) in [5.41, 5.74) is 0.680. The van der Waals surface area contributed by atoms with Crippen LogP contribution in [0.4, 0.5) is 0 Å². The molecular formula is C13H22N4O2. The first-order chi connectivity index (χ1) is 9.06. The molecule has 6 nitrogen and oxygen atoms in total. The van der Waals surface area contributed by atoms with Gasteiger partial charge in [-0.2, -0.15) is 0 Å². The van der Waals surface area contributed by atoms with Gasteiger partial charge in [0.15, 0.2) is 0 Å². The molecule has 0 saturated heterocycles. The highest BCUT2D eigenvalue weighted by atomic mass is 16.4. The van der Waals surface area contributed by atoms with Gasteiger partial charge in [-0.1, -0.05) is 6.92 Å². The van der Waals surface area contributed by atoms with Crippen LogP contribution in [0.1, 0.15) is 36.3 Å². The second-order valence-electron chi connectivity index (χ2n) is 4.60. The fourth-order valence-corrected chi connectivity index (χ4v) is 1.67. The van der Waals surface area contributed by atoms with Crippen LogP contribution in [0.5, 0.6) is 0 Å². The van der Waals surface area contributed by atoms with E-state index in [1.54, 1.807) is 0 Å². The molecule has 0 aliphatic carbocycles. The van der Waals surface area contributed by atoms with Gasteiger partial charge in [-0.15, -0.1) is 0 Å². The normalized spacial score (nSPS) is 12.6. The van der Waals surface area contributed by atoms with Gasteiger partial charge in [0.1, 0.15) is 11.9 Å². The Morgan fingerprint density at radius 1 is 1.58 bits per heavy atom. The number of carboxylic acid groups (broad SMARTS) is 1. The first kappa shape index (κ1) is 15.5. The number of likely N-dealkylation sites (N-methyl/N-ethyl adjacent to an activating group) is 1. The van der Waals surface area contributed by atoms with Gasteiger partial charge in [0, 0.05) is 31.9 Å². The zero-order chi connectivity index (χ0) is 14.3. The molecule has 1 unspecified atom stereocenters. The molecule has 0 fully saturated rings. The summed E-state index contributed by atoms with van der Waals surface area (Å²) in [7, 11) is 2.09. The number of rotatable bonds is 8. The van der Waals surface area contributed by atoms with Gasteiger partial charge in [-0.3, -0.25) is 0 Å². The van der Waals surface area contributed by atoms with Gasteiger partial charge in [-0.25, -0.2) is 14.8 Å². The molecule has 1 aromatic heterocycles. The number of carboxylic acids is 1. The van der Waals surface area contributed by atoms with E-state index in [1.807, 2.05) is 0 Å². The summed E-state index contributed by atoms with van der Waals surface area (Å²) in [6.45, 7) is 6.51. The van der Waals surface area contributed by atoms with Gasteiger partial charge in [0.25, 0.3) is 0 Å². The van der Waals surface area contributed by atoms with E-state index in [9.17, 15) is 4.79 Å². The molecule has 6 heteroatoms. The van der Waals surface area contributed by atoms with Crippen molar-refractivity contribution in [3.8, 4) is 0 Å². The number of nitrogens with zero attached hydrogens (tertiary/aromatic N) is 3. The summed E-state index contributed by atoms with van der Waals surface area (Å²) in [5, 5.41) is 12.2. The molecule has 1 rings (SSSR count). The van der Waals surface area contributed by atoms with E-state index in [2.05, 4.69) is 41.1 Å². The van der Waals surface area contributed by atoms with E-state index in [0.29, 0.717) is 18.3 Å². The molecule has 0 amide bonds. The molecular weight excluding hydrogens is 244 g/mol. The minimum absolute atomic E-state index is 0.158. The molecule has 2 N–H and O–H groups in total. The van der Waals surface area contributed by atoms with Gasteiger partial charge in [-0.05, 0) is 20.4 Å². The minimum atomic E-state index is -0.992.